The fourth-order valence-corrected chi connectivity index (χ4v) is 9.54. The number of ether oxygens (including phenoxy) is 3. The van der Waals surface area contributed by atoms with Crippen LogP contribution in [0.2, 0.25) is 0 Å². The van der Waals surface area contributed by atoms with Gasteiger partial charge in [0.05, 0.1) is 6.42 Å². The first-order valence-electron chi connectivity index (χ1n) is 34.7. The van der Waals surface area contributed by atoms with Crippen LogP contribution in [-0.2, 0) is 28.6 Å². The number of rotatable bonds is 62. The zero-order chi connectivity index (χ0) is 59.9. The van der Waals surface area contributed by atoms with E-state index in [9.17, 15) is 14.4 Å². The maximum absolute atomic E-state index is 12.8. The molecule has 0 saturated carbocycles. The Morgan fingerprint density at radius 3 is 0.807 bits per heavy atom. The lowest BCUT2D eigenvalue weighted by Crippen LogP contribution is -2.30. The molecule has 0 amide bonds. The van der Waals surface area contributed by atoms with Crippen molar-refractivity contribution in [1.82, 2.24) is 0 Å². The summed E-state index contributed by atoms with van der Waals surface area (Å²) in [5, 5.41) is 0. The van der Waals surface area contributed by atoms with Crippen molar-refractivity contribution in [2.24, 2.45) is 0 Å². The van der Waals surface area contributed by atoms with E-state index in [4.69, 9.17) is 14.2 Å². The first-order valence-corrected chi connectivity index (χ1v) is 34.7. The monoisotopic (exact) mass is 1150 g/mol. The third kappa shape index (κ3) is 68.2. The van der Waals surface area contributed by atoms with E-state index in [1.807, 2.05) is 6.08 Å². The minimum absolute atomic E-state index is 0.0936. The molecular formula is C77H128O6. The summed E-state index contributed by atoms with van der Waals surface area (Å²) < 4.78 is 16.8. The van der Waals surface area contributed by atoms with Crippen molar-refractivity contribution in [3.63, 3.8) is 0 Å². The molecule has 0 saturated heterocycles. The Labute approximate surface area is 513 Å². The highest BCUT2D eigenvalue weighted by Crippen LogP contribution is 2.17. The average Bonchev–Trinajstić information content (AvgIpc) is 3.49. The number of allylic oxidation sites excluding steroid dienone is 21. The molecule has 0 N–H and O–H groups in total. The van der Waals surface area contributed by atoms with Gasteiger partial charge in [0.2, 0.25) is 0 Å². The zero-order valence-electron chi connectivity index (χ0n) is 54.2. The van der Waals surface area contributed by atoms with Crippen molar-refractivity contribution in [2.45, 2.75) is 322 Å². The van der Waals surface area contributed by atoms with Crippen LogP contribution in [0.25, 0.3) is 0 Å². The summed E-state index contributed by atoms with van der Waals surface area (Å²) in [4.78, 5) is 38.3. The third-order valence-electron chi connectivity index (χ3n) is 14.7. The van der Waals surface area contributed by atoms with Crippen LogP contribution < -0.4 is 0 Å². The van der Waals surface area contributed by atoms with Crippen molar-refractivity contribution in [2.75, 3.05) is 13.2 Å². The van der Waals surface area contributed by atoms with Gasteiger partial charge in [0.25, 0.3) is 0 Å². The van der Waals surface area contributed by atoms with Crippen LogP contribution in [0.4, 0.5) is 0 Å². The molecular weight excluding hydrogens is 1020 g/mol. The molecule has 83 heavy (non-hydrogen) atoms. The van der Waals surface area contributed by atoms with Crippen molar-refractivity contribution in [1.29, 1.82) is 0 Å². The van der Waals surface area contributed by atoms with E-state index in [0.29, 0.717) is 12.8 Å². The van der Waals surface area contributed by atoms with E-state index in [2.05, 4.69) is 142 Å². The Bertz CT molecular complexity index is 1750. The maximum atomic E-state index is 12.8. The van der Waals surface area contributed by atoms with Crippen LogP contribution in [0.3, 0.4) is 0 Å². The van der Waals surface area contributed by atoms with E-state index >= 15 is 0 Å². The first kappa shape index (κ1) is 78.5. The topological polar surface area (TPSA) is 78.9 Å². The maximum Gasteiger partial charge on any atom is 0.310 e. The van der Waals surface area contributed by atoms with Gasteiger partial charge in [0.15, 0.2) is 6.10 Å². The normalized spacial score (nSPS) is 13.0. The predicted octanol–water partition coefficient (Wildman–Crippen LogP) is 24.1. The molecule has 0 aromatic rings. The highest BCUT2D eigenvalue weighted by atomic mass is 16.6. The first-order chi connectivity index (χ1) is 41.0. The van der Waals surface area contributed by atoms with Crippen molar-refractivity contribution in [3.8, 4) is 0 Å². The van der Waals surface area contributed by atoms with Gasteiger partial charge in [-0.2, -0.15) is 0 Å². The van der Waals surface area contributed by atoms with Crippen LogP contribution in [0.15, 0.2) is 134 Å². The van der Waals surface area contributed by atoms with Gasteiger partial charge in [-0.15, -0.1) is 0 Å². The highest BCUT2D eigenvalue weighted by molar-refractivity contribution is 5.72. The van der Waals surface area contributed by atoms with Crippen LogP contribution in [0.1, 0.15) is 316 Å². The van der Waals surface area contributed by atoms with Gasteiger partial charge in [0.1, 0.15) is 13.2 Å². The van der Waals surface area contributed by atoms with Gasteiger partial charge in [-0.1, -0.05) is 315 Å². The van der Waals surface area contributed by atoms with Gasteiger partial charge in [-0.25, -0.2) is 0 Å². The number of hydrogen-bond acceptors (Lipinski definition) is 6. The molecule has 0 aliphatic heterocycles. The van der Waals surface area contributed by atoms with Crippen molar-refractivity contribution in [3.05, 3.63) is 134 Å². The second-order valence-corrected chi connectivity index (χ2v) is 22.7. The number of carbonyl (C=O) groups is 3. The van der Waals surface area contributed by atoms with E-state index in [1.165, 1.54) is 161 Å². The van der Waals surface area contributed by atoms with E-state index in [-0.39, 0.29) is 31.6 Å². The van der Waals surface area contributed by atoms with Crippen molar-refractivity contribution >= 4 is 17.9 Å². The molecule has 0 aliphatic carbocycles. The molecule has 0 rings (SSSR count). The molecule has 6 nitrogen and oxygen atoms in total. The second kappa shape index (κ2) is 70.0. The SMILES string of the molecule is CC/C=C\C/C=C\C/C=C\C/C=C\C/C=C\CCCCCCCCCCCCCCCCCCCCCC(=O)OCC(COC(=O)CCCCCCC/C=C\CCCCCCCC)OC(=O)C/C=C\C/C=C\C/C=C\C/C=C\C/C=C\CC. The molecule has 0 fully saturated rings. The fraction of sp³-hybridized carbons (Fsp3) is 0.675. The smallest absolute Gasteiger partial charge is 0.310 e. The summed E-state index contributed by atoms with van der Waals surface area (Å²) in [6.07, 6.45) is 99.5. The fourth-order valence-electron chi connectivity index (χ4n) is 9.54. The van der Waals surface area contributed by atoms with E-state index in [1.54, 1.807) is 6.08 Å². The summed E-state index contributed by atoms with van der Waals surface area (Å²) in [6, 6.07) is 0. The summed E-state index contributed by atoms with van der Waals surface area (Å²) in [5.74, 6) is -1.05. The number of unbranched alkanes of at least 4 members (excludes halogenated alkanes) is 30. The molecule has 0 heterocycles. The molecule has 0 spiro atoms. The molecule has 1 atom stereocenters. The Morgan fingerprint density at radius 2 is 0.506 bits per heavy atom. The molecule has 472 valence electrons. The summed E-state index contributed by atoms with van der Waals surface area (Å²) in [5.41, 5.74) is 0. The number of esters is 3. The summed E-state index contributed by atoms with van der Waals surface area (Å²) in [6.45, 7) is 6.34. The quantitative estimate of drug-likeness (QED) is 0.0261. The minimum atomic E-state index is -0.838. The number of carbonyl (C=O) groups excluding carboxylic acids is 3. The van der Waals surface area contributed by atoms with Gasteiger partial charge in [-0.05, 0) is 116 Å². The molecule has 0 aromatic carbocycles. The van der Waals surface area contributed by atoms with Crippen LogP contribution >= 0.6 is 0 Å². The van der Waals surface area contributed by atoms with Crippen LogP contribution in [-0.4, -0.2) is 37.2 Å². The second-order valence-electron chi connectivity index (χ2n) is 22.7. The molecule has 6 heteroatoms. The molecule has 0 aliphatic rings. The largest absolute Gasteiger partial charge is 0.462 e. The molecule has 0 aromatic heterocycles. The third-order valence-corrected chi connectivity index (χ3v) is 14.7. The predicted molar refractivity (Wildman–Crippen MR) is 362 cm³/mol. The lowest BCUT2D eigenvalue weighted by molar-refractivity contribution is -0.166. The van der Waals surface area contributed by atoms with Gasteiger partial charge in [-0.3, -0.25) is 14.4 Å². The molecule has 0 bridgehead atoms. The lowest BCUT2D eigenvalue weighted by atomic mass is 10.0. The Morgan fingerprint density at radius 1 is 0.265 bits per heavy atom. The Kier molecular flexibility index (Phi) is 66.3. The Hall–Kier alpha value is -4.45. The standard InChI is InChI=1S/C77H128O6/c1-4-7-10-13-16-19-22-25-28-29-30-31-32-33-34-35-36-37-38-39-40-41-42-43-44-45-46-47-50-52-55-58-61-64-67-70-76(79)82-73-74(83-77(80)71-68-65-62-59-56-53-49-27-24-21-18-15-12-9-6-3)72-81-75(78)69-66-63-60-57-54-51-48-26-23-20-17-14-11-8-5-2/h7,9-10,12,16,18-19,21,25-28,30-31,33-34,48-49,56,59,65,68,74H,4-6,8,11,13-15,17,20,22-24,29,32,35-47,50-55,57-58,60-64,66-67,69-73H2,1-3H3/b10-7-,12-9-,19-16-,21-18-,28-25-,31-30-,34-33-,48-26-,49-27-,59-56-,68-65-. The number of hydrogen-bond donors (Lipinski definition) is 0. The van der Waals surface area contributed by atoms with Crippen molar-refractivity contribution < 1.29 is 28.6 Å². The van der Waals surface area contributed by atoms with Crippen LogP contribution in [0.5, 0.6) is 0 Å². The zero-order valence-corrected chi connectivity index (χ0v) is 54.2. The van der Waals surface area contributed by atoms with Gasteiger partial charge in [0, 0.05) is 12.8 Å². The van der Waals surface area contributed by atoms with E-state index < -0.39 is 12.1 Å². The van der Waals surface area contributed by atoms with Gasteiger partial charge >= 0.3 is 17.9 Å². The Balaban J connectivity index is 4.21. The minimum Gasteiger partial charge on any atom is -0.462 e. The summed E-state index contributed by atoms with van der Waals surface area (Å²) in [7, 11) is 0. The van der Waals surface area contributed by atoms with Gasteiger partial charge < -0.3 is 14.2 Å². The molecule has 0 radical (unpaired) electrons. The highest BCUT2D eigenvalue weighted by Gasteiger charge is 2.19. The molecule has 1 unspecified atom stereocenters. The van der Waals surface area contributed by atoms with E-state index in [0.717, 1.165) is 116 Å². The lowest BCUT2D eigenvalue weighted by Gasteiger charge is -2.18. The van der Waals surface area contributed by atoms with Crippen LogP contribution in [0, 0.1) is 0 Å². The average molecular weight is 1150 g/mol. The summed E-state index contributed by atoms with van der Waals surface area (Å²) >= 11 is 0.